The van der Waals surface area contributed by atoms with Crippen LogP contribution in [0.25, 0.3) is 21.9 Å². The van der Waals surface area contributed by atoms with Gasteiger partial charge in [-0.05, 0) is 30.3 Å². The number of aliphatic imine (C=N–C) groups is 1. The van der Waals surface area contributed by atoms with E-state index in [0.717, 1.165) is 27.5 Å². The van der Waals surface area contributed by atoms with E-state index in [1.165, 1.54) is 12.1 Å². The van der Waals surface area contributed by atoms with Crippen LogP contribution in [0.1, 0.15) is 11.7 Å². The normalized spacial score (nSPS) is 16.7. The third-order valence-electron chi connectivity index (χ3n) is 4.60. The molecule has 0 saturated carbocycles. The maximum Gasteiger partial charge on any atom is 0.212 e. The minimum absolute atomic E-state index is 0.276. The van der Waals surface area contributed by atoms with Gasteiger partial charge in [-0.25, -0.2) is 14.4 Å². The Morgan fingerprint density at radius 2 is 2.00 bits per heavy atom. The van der Waals surface area contributed by atoms with Crippen molar-refractivity contribution in [3.05, 3.63) is 60.0 Å². The number of anilines is 1. The Bertz CT molecular complexity index is 1170. The number of nitrogens with zero attached hydrogens (tertiary/aromatic N) is 4. The Balaban J connectivity index is 1.83. The van der Waals surface area contributed by atoms with E-state index in [9.17, 15) is 4.39 Å². The highest BCUT2D eigenvalue weighted by molar-refractivity contribution is 5.95. The van der Waals surface area contributed by atoms with Crippen molar-refractivity contribution in [3.8, 4) is 0 Å². The first kappa shape index (κ1) is 14.0. The zero-order chi connectivity index (χ0) is 17.1. The number of halogens is 1. The molecular formula is C18H15FN6. The first-order valence-electron chi connectivity index (χ1n) is 7.93. The summed E-state index contributed by atoms with van der Waals surface area (Å²) in [5.41, 5.74) is 9.60. The highest BCUT2D eigenvalue weighted by atomic mass is 19.1. The fourth-order valence-corrected chi connectivity index (χ4v) is 3.53. The van der Waals surface area contributed by atoms with Gasteiger partial charge in [0.05, 0.1) is 11.0 Å². The second-order valence-electron chi connectivity index (χ2n) is 6.16. The summed E-state index contributed by atoms with van der Waals surface area (Å²) in [7, 11) is 1.94. The van der Waals surface area contributed by atoms with Gasteiger partial charge in [0.1, 0.15) is 5.82 Å². The van der Waals surface area contributed by atoms with Crippen LogP contribution in [0.15, 0.2) is 53.7 Å². The number of guanidine groups is 1. The molecule has 0 spiro atoms. The number of fused-ring (bicyclic) bond motifs is 4. The van der Waals surface area contributed by atoms with Crippen LogP contribution in [0.3, 0.4) is 0 Å². The highest BCUT2D eigenvalue weighted by Crippen LogP contribution is 2.36. The summed E-state index contributed by atoms with van der Waals surface area (Å²) in [6.45, 7) is 0. The molecule has 1 atom stereocenters. The minimum atomic E-state index is -0.408. The van der Waals surface area contributed by atoms with Gasteiger partial charge in [-0.15, -0.1) is 0 Å². The van der Waals surface area contributed by atoms with Gasteiger partial charge in [0.25, 0.3) is 0 Å². The van der Waals surface area contributed by atoms with E-state index in [1.807, 2.05) is 46.6 Å². The third-order valence-corrected chi connectivity index (χ3v) is 4.60. The predicted molar refractivity (Wildman–Crippen MR) is 96.0 cm³/mol. The van der Waals surface area contributed by atoms with Gasteiger partial charge in [-0.3, -0.25) is 9.88 Å². The molecule has 6 nitrogen and oxygen atoms in total. The van der Waals surface area contributed by atoms with Gasteiger partial charge in [-0.1, -0.05) is 12.1 Å². The molecule has 7 heteroatoms. The van der Waals surface area contributed by atoms with Crippen molar-refractivity contribution in [2.75, 3.05) is 5.32 Å². The van der Waals surface area contributed by atoms with Crippen LogP contribution in [-0.4, -0.2) is 20.1 Å². The Morgan fingerprint density at radius 3 is 2.88 bits per heavy atom. The Hall–Kier alpha value is -3.35. The number of aryl methyl sites for hydroxylation is 1. The Morgan fingerprint density at radius 1 is 1.16 bits per heavy atom. The standard InChI is InChI=1S/C18H15FN6/c1-24-9-12(11-8-10(19)6-7-14(11)24)16-22-17(20)23-18-21-13-4-2-3-5-15(13)25(16)18/h2-9,16H,1H3,(H3,20,21,22,23). The van der Waals surface area contributed by atoms with Gasteiger partial charge in [0.15, 0.2) is 12.1 Å². The lowest BCUT2D eigenvalue weighted by Gasteiger charge is -2.23. The molecule has 1 aliphatic rings. The van der Waals surface area contributed by atoms with Crippen LogP contribution in [0.5, 0.6) is 0 Å². The van der Waals surface area contributed by atoms with Crippen molar-refractivity contribution in [3.63, 3.8) is 0 Å². The molecule has 4 aromatic rings. The molecule has 3 N–H and O–H groups in total. The van der Waals surface area contributed by atoms with Crippen LogP contribution in [0.2, 0.25) is 0 Å². The molecule has 5 rings (SSSR count). The van der Waals surface area contributed by atoms with Crippen molar-refractivity contribution >= 4 is 33.8 Å². The van der Waals surface area contributed by atoms with Crippen LogP contribution < -0.4 is 11.1 Å². The van der Waals surface area contributed by atoms with Crippen molar-refractivity contribution in [1.82, 2.24) is 14.1 Å². The average molecular weight is 334 g/mol. The Kier molecular flexibility index (Phi) is 2.71. The minimum Gasteiger partial charge on any atom is -0.370 e. The fourth-order valence-electron chi connectivity index (χ4n) is 3.53. The van der Waals surface area contributed by atoms with Crippen molar-refractivity contribution in [1.29, 1.82) is 0 Å². The van der Waals surface area contributed by atoms with Crippen LogP contribution in [-0.2, 0) is 7.05 Å². The summed E-state index contributed by atoms with van der Waals surface area (Å²) < 4.78 is 17.8. The van der Waals surface area contributed by atoms with E-state index in [1.54, 1.807) is 6.07 Å². The summed E-state index contributed by atoms with van der Waals surface area (Å²) in [6.07, 6.45) is 1.56. The van der Waals surface area contributed by atoms with E-state index in [2.05, 4.69) is 15.3 Å². The third kappa shape index (κ3) is 1.95. The largest absolute Gasteiger partial charge is 0.370 e. The topological polar surface area (TPSA) is 73.2 Å². The molecule has 0 amide bonds. The molecule has 0 saturated heterocycles. The summed E-state index contributed by atoms with van der Waals surface area (Å²) in [4.78, 5) is 9.17. The van der Waals surface area contributed by atoms with Crippen molar-refractivity contribution in [2.45, 2.75) is 6.17 Å². The molecule has 2 aromatic heterocycles. The summed E-state index contributed by atoms with van der Waals surface area (Å²) in [6, 6.07) is 12.6. The molecule has 0 radical (unpaired) electrons. The van der Waals surface area contributed by atoms with Crippen molar-refractivity contribution < 1.29 is 4.39 Å². The van der Waals surface area contributed by atoms with E-state index in [-0.39, 0.29) is 5.82 Å². The first-order chi connectivity index (χ1) is 12.1. The lowest BCUT2D eigenvalue weighted by molar-refractivity contribution is 0.623. The number of aromatic nitrogens is 3. The average Bonchev–Trinajstić information content (AvgIpc) is 3.11. The number of para-hydroxylation sites is 2. The van der Waals surface area contributed by atoms with E-state index in [0.29, 0.717) is 11.9 Å². The monoisotopic (exact) mass is 334 g/mol. The van der Waals surface area contributed by atoms with Gasteiger partial charge in [0, 0.05) is 29.7 Å². The molecule has 0 fully saturated rings. The molecule has 3 heterocycles. The molecule has 0 bridgehead atoms. The second-order valence-corrected chi connectivity index (χ2v) is 6.16. The van der Waals surface area contributed by atoms with Crippen molar-refractivity contribution in [2.24, 2.45) is 17.8 Å². The van der Waals surface area contributed by atoms with Crippen LogP contribution >= 0.6 is 0 Å². The Labute approximate surface area is 142 Å². The molecule has 1 aliphatic heterocycles. The number of nitrogens with two attached hydrogens (primary N) is 1. The number of hydrogen-bond acceptors (Lipinski definition) is 4. The quantitative estimate of drug-likeness (QED) is 0.562. The van der Waals surface area contributed by atoms with Gasteiger partial charge in [0.2, 0.25) is 5.95 Å². The number of benzene rings is 2. The maximum atomic E-state index is 13.9. The molecule has 124 valence electrons. The number of rotatable bonds is 1. The number of nitrogens with one attached hydrogen (secondary N) is 1. The lowest BCUT2D eigenvalue weighted by atomic mass is 10.1. The number of imidazole rings is 1. The van der Waals surface area contributed by atoms with Gasteiger partial charge in [-0.2, -0.15) is 0 Å². The predicted octanol–water partition coefficient (Wildman–Crippen LogP) is 2.95. The summed E-state index contributed by atoms with van der Waals surface area (Å²) in [5, 5.41) is 3.83. The molecule has 25 heavy (non-hydrogen) atoms. The summed E-state index contributed by atoms with van der Waals surface area (Å²) in [5.74, 6) is 0.648. The fraction of sp³-hybridized carbons (Fsp3) is 0.111. The zero-order valence-corrected chi connectivity index (χ0v) is 13.4. The van der Waals surface area contributed by atoms with E-state index >= 15 is 0 Å². The number of hydrogen-bond donors (Lipinski definition) is 2. The molecule has 0 aliphatic carbocycles. The lowest BCUT2D eigenvalue weighted by Crippen LogP contribution is -2.31. The van der Waals surface area contributed by atoms with Gasteiger partial charge < -0.3 is 10.3 Å². The second kappa shape index (κ2) is 4.83. The molecular weight excluding hydrogens is 319 g/mol. The van der Waals surface area contributed by atoms with E-state index < -0.39 is 6.17 Å². The smallest absolute Gasteiger partial charge is 0.212 e. The van der Waals surface area contributed by atoms with Gasteiger partial charge >= 0.3 is 0 Å². The molecule has 2 aromatic carbocycles. The summed E-state index contributed by atoms with van der Waals surface area (Å²) >= 11 is 0. The van der Waals surface area contributed by atoms with E-state index in [4.69, 9.17) is 5.73 Å². The van der Waals surface area contributed by atoms with Crippen LogP contribution in [0, 0.1) is 5.82 Å². The maximum absolute atomic E-state index is 13.9. The first-order valence-corrected chi connectivity index (χ1v) is 7.93. The highest BCUT2D eigenvalue weighted by Gasteiger charge is 2.27. The SMILES string of the molecule is Cn1cc(C2N=C(N)Nc3nc4ccccc4n32)c2cc(F)ccc21. The molecule has 1 unspecified atom stereocenters. The van der Waals surface area contributed by atoms with Crippen LogP contribution in [0.4, 0.5) is 10.3 Å². The zero-order valence-electron chi connectivity index (χ0n) is 13.4.